The number of rotatable bonds is 3. The Hall–Kier alpha value is -1.59. The molecule has 2 N–H and O–H groups in total. The van der Waals surface area contributed by atoms with Gasteiger partial charge in [0, 0.05) is 23.5 Å². The highest BCUT2D eigenvalue weighted by Crippen LogP contribution is 2.29. The lowest BCUT2D eigenvalue weighted by atomic mass is 10.1. The molecule has 0 saturated carbocycles. The molecule has 0 aromatic heterocycles. The van der Waals surface area contributed by atoms with Gasteiger partial charge in [0.15, 0.2) is 0 Å². The molecule has 0 aliphatic carbocycles. The first-order chi connectivity index (χ1) is 9.13. The minimum absolute atomic E-state index is 0.0506. The zero-order valence-electron chi connectivity index (χ0n) is 10.6. The van der Waals surface area contributed by atoms with Crippen molar-refractivity contribution in [2.45, 2.75) is 0 Å². The van der Waals surface area contributed by atoms with Gasteiger partial charge in [-0.15, -0.1) is 0 Å². The van der Waals surface area contributed by atoms with E-state index in [0.717, 1.165) is 20.9 Å². The van der Waals surface area contributed by atoms with Crippen molar-refractivity contribution >= 4 is 38.4 Å². The van der Waals surface area contributed by atoms with Gasteiger partial charge >= 0.3 is 6.03 Å². The van der Waals surface area contributed by atoms with Crippen molar-refractivity contribution in [1.29, 1.82) is 0 Å². The van der Waals surface area contributed by atoms with Gasteiger partial charge in [-0.2, -0.15) is 0 Å². The van der Waals surface area contributed by atoms with Crippen LogP contribution in [0.15, 0.2) is 40.9 Å². The molecular formula is C14H15BrN2O2. The van der Waals surface area contributed by atoms with E-state index in [-0.39, 0.29) is 12.6 Å². The maximum atomic E-state index is 11.9. The number of urea groups is 1. The highest BCUT2D eigenvalue weighted by Gasteiger charge is 2.10. The number of carbonyl (C=O) groups is 1. The Balaban J connectivity index is 2.31. The summed E-state index contributed by atoms with van der Waals surface area (Å²) in [5.41, 5.74) is 0.758. The average Bonchev–Trinajstić information content (AvgIpc) is 2.42. The number of amides is 2. The molecule has 0 fully saturated rings. The largest absolute Gasteiger partial charge is 0.395 e. The fraction of sp³-hybridized carbons (Fsp3) is 0.214. The van der Waals surface area contributed by atoms with Crippen LogP contribution in [0.5, 0.6) is 0 Å². The summed E-state index contributed by atoms with van der Waals surface area (Å²) < 4.78 is 0.991. The van der Waals surface area contributed by atoms with E-state index in [9.17, 15) is 4.79 Å². The third-order valence-corrected chi connectivity index (χ3v) is 3.59. The van der Waals surface area contributed by atoms with Crippen molar-refractivity contribution in [1.82, 2.24) is 4.90 Å². The summed E-state index contributed by atoms with van der Waals surface area (Å²) >= 11 is 3.49. The summed E-state index contributed by atoms with van der Waals surface area (Å²) in [4.78, 5) is 13.4. The number of aliphatic hydroxyl groups excluding tert-OH is 1. The molecule has 0 saturated heterocycles. The van der Waals surface area contributed by atoms with Crippen LogP contribution in [-0.2, 0) is 0 Å². The summed E-state index contributed by atoms with van der Waals surface area (Å²) in [6.45, 7) is 0.255. The molecule has 100 valence electrons. The Morgan fingerprint density at radius 2 is 1.95 bits per heavy atom. The molecular weight excluding hydrogens is 308 g/mol. The lowest BCUT2D eigenvalue weighted by Gasteiger charge is -2.17. The van der Waals surface area contributed by atoms with Crippen molar-refractivity contribution in [3.63, 3.8) is 0 Å². The summed E-state index contributed by atoms with van der Waals surface area (Å²) in [6, 6.07) is 11.4. The van der Waals surface area contributed by atoms with Crippen molar-refractivity contribution < 1.29 is 9.90 Å². The molecule has 5 heteroatoms. The van der Waals surface area contributed by atoms with Crippen molar-refractivity contribution in [2.75, 3.05) is 25.5 Å². The number of benzene rings is 2. The van der Waals surface area contributed by atoms with Crippen LogP contribution in [0, 0.1) is 0 Å². The number of likely N-dealkylation sites (N-methyl/N-ethyl adjacent to an activating group) is 1. The Bertz CT molecular complexity index is 601. The second-order valence-corrected chi connectivity index (χ2v) is 5.07. The second-order valence-electron chi connectivity index (χ2n) is 4.22. The number of nitrogens with one attached hydrogen (secondary N) is 1. The van der Waals surface area contributed by atoms with Crippen LogP contribution in [0.4, 0.5) is 10.5 Å². The monoisotopic (exact) mass is 322 g/mol. The van der Waals surface area contributed by atoms with Gasteiger partial charge in [-0.05, 0) is 17.5 Å². The number of halogens is 1. The number of anilines is 1. The number of carbonyl (C=O) groups excluding carboxylic acids is 1. The van der Waals surface area contributed by atoms with Gasteiger partial charge in [-0.1, -0.05) is 40.2 Å². The zero-order valence-corrected chi connectivity index (χ0v) is 12.1. The summed E-state index contributed by atoms with van der Waals surface area (Å²) in [5.74, 6) is 0. The van der Waals surface area contributed by atoms with Crippen LogP contribution in [0.1, 0.15) is 0 Å². The normalized spacial score (nSPS) is 10.5. The van der Waals surface area contributed by atoms with Gasteiger partial charge in [0.05, 0.1) is 12.3 Å². The molecule has 2 rings (SSSR count). The van der Waals surface area contributed by atoms with Crippen LogP contribution >= 0.6 is 15.9 Å². The molecule has 0 atom stereocenters. The first kappa shape index (κ1) is 13.8. The van der Waals surface area contributed by atoms with Crippen molar-refractivity contribution in [3.8, 4) is 0 Å². The molecule has 2 aromatic carbocycles. The van der Waals surface area contributed by atoms with Gasteiger partial charge in [0.25, 0.3) is 0 Å². The average molecular weight is 323 g/mol. The lowest BCUT2D eigenvalue weighted by Crippen LogP contribution is -2.33. The number of hydrogen-bond acceptors (Lipinski definition) is 2. The molecule has 0 aliphatic rings. The molecule has 0 radical (unpaired) electrons. The second kappa shape index (κ2) is 6.04. The summed E-state index contributed by atoms with van der Waals surface area (Å²) in [5, 5.41) is 13.7. The topological polar surface area (TPSA) is 52.6 Å². The van der Waals surface area contributed by atoms with Crippen LogP contribution < -0.4 is 5.32 Å². The molecule has 4 nitrogen and oxygen atoms in total. The number of hydrogen-bond donors (Lipinski definition) is 2. The van der Waals surface area contributed by atoms with E-state index in [1.807, 2.05) is 36.4 Å². The van der Waals surface area contributed by atoms with Crippen molar-refractivity contribution in [2.24, 2.45) is 0 Å². The maximum absolute atomic E-state index is 11.9. The Morgan fingerprint density at radius 1 is 1.26 bits per heavy atom. The van der Waals surface area contributed by atoms with E-state index < -0.39 is 0 Å². The Morgan fingerprint density at radius 3 is 2.63 bits per heavy atom. The first-order valence-electron chi connectivity index (χ1n) is 5.93. The van der Waals surface area contributed by atoms with E-state index in [1.165, 1.54) is 4.90 Å². The Kier molecular flexibility index (Phi) is 4.39. The first-order valence-corrected chi connectivity index (χ1v) is 6.73. The molecule has 2 aromatic rings. The Labute approximate surface area is 120 Å². The quantitative estimate of drug-likeness (QED) is 0.912. The molecule has 0 heterocycles. The fourth-order valence-corrected chi connectivity index (χ4v) is 2.31. The smallest absolute Gasteiger partial charge is 0.321 e. The SMILES string of the molecule is CN(CCO)C(=O)Nc1ccc(Br)c2ccccc12. The third-order valence-electron chi connectivity index (χ3n) is 2.89. The number of aliphatic hydroxyl groups is 1. The predicted molar refractivity (Wildman–Crippen MR) is 80.4 cm³/mol. The lowest BCUT2D eigenvalue weighted by molar-refractivity contribution is 0.202. The van der Waals surface area contributed by atoms with E-state index in [4.69, 9.17) is 5.11 Å². The predicted octanol–water partition coefficient (Wildman–Crippen LogP) is 3.06. The van der Waals surface area contributed by atoms with E-state index in [0.29, 0.717) is 6.54 Å². The van der Waals surface area contributed by atoms with Gasteiger partial charge in [-0.3, -0.25) is 0 Å². The third kappa shape index (κ3) is 3.05. The standard InChI is InChI=1S/C14H15BrN2O2/c1-17(8-9-18)14(19)16-13-7-6-12(15)10-4-2-3-5-11(10)13/h2-7,18H,8-9H2,1H3,(H,16,19). The van der Waals surface area contributed by atoms with Gasteiger partial charge < -0.3 is 15.3 Å². The van der Waals surface area contributed by atoms with E-state index in [2.05, 4.69) is 21.2 Å². The fourth-order valence-electron chi connectivity index (χ4n) is 1.83. The number of fused-ring (bicyclic) bond motifs is 1. The molecule has 0 aliphatic heterocycles. The molecule has 0 unspecified atom stereocenters. The van der Waals surface area contributed by atoms with Crippen molar-refractivity contribution in [3.05, 3.63) is 40.9 Å². The van der Waals surface area contributed by atoms with E-state index in [1.54, 1.807) is 7.05 Å². The molecule has 19 heavy (non-hydrogen) atoms. The molecule has 0 spiro atoms. The zero-order chi connectivity index (χ0) is 13.8. The van der Waals surface area contributed by atoms with Gasteiger partial charge in [0.2, 0.25) is 0 Å². The van der Waals surface area contributed by atoms with Crippen LogP contribution in [0.3, 0.4) is 0 Å². The molecule has 0 bridgehead atoms. The van der Waals surface area contributed by atoms with Gasteiger partial charge in [0.1, 0.15) is 0 Å². The minimum atomic E-state index is -0.235. The summed E-state index contributed by atoms with van der Waals surface area (Å²) in [6.07, 6.45) is 0. The van der Waals surface area contributed by atoms with Gasteiger partial charge in [-0.25, -0.2) is 4.79 Å². The highest BCUT2D eigenvalue weighted by molar-refractivity contribution is 9.10. The van der Waals surface area contributed by atoms with E-state index >= 15 is 0 Å². The minimum Gasteiger partial charge on any atom is -0.395 e. The summed E-state index contributed by atoms with van der Waals surface area (Å²) in [7, 11) is 1.65. The van der Waals surface area contributed by atoms with Crippen LogP contribution in [0.2, 0.25) is 0 Å². The molecule has 2 amide bonds. The number of nitrogens with zero attached hydrogens (tertiary/aromatic N) is 1. The van der Waals surface area contributed by atoms with Crippen LogP contribution in [0.25, 0.3) is 10.8 Å². The highest BCUT2D eigenvalue weighted by atomic mass is 79.9. The maximum Gasteiger partial charge on any atom is 0.321 e. The van der Waals surface area contributed by atoms with Crippen LogP contribution in [-0.4, -0.2) is 36.2 Å².